The average Bonchev–Trinajstić information content (AvgIpc) is 3.01. The Bertz CT molecular complexity index is 674. The van der Waals surface area contributed by atoms with E-state index in [-0.39, 0.29) is 0 Å². The minimum absolute atomic E-state index is 1.04. The normalized spacial score (nSPS) is 12.7. The smallest absolute Gasteiger partial charge is 0.0249 e. The Balaban J connectivity index is 1.78. The maximum Gasteiger partial charge on any atom is 0.0249 e. The van der Waals surface area contributed by atoms with Crippen LogP contribution in [-0.4, -0.2) is 0 Å². The molecule has 0 unspecified atom stereocenters. The molecule has 19 heavy (non-hydrogen) atoms. The zero-order valence-corrected chi connectivity index (χ0v) is 10.6. The Morgan fingerprint density at radius 1 is 0.737 bits per heavy atom. The molecule has 90 valence electrons. The summed E-state index contributed by atoms with van der Waals surface area (Å²) in [4.78, 5) is 0. The molecule has 1 aliphatic rings. The van der Waals surface area contributed by atoms with Crippen molar-refractivity contribution in [3.8, 4) is 11.8 Å². The maximum atomic E-state index is 3.19. The predicted octanol–water partition coefficient (Wildman–Crippen LogP) is 4.43. The van der Waals surface area contributed by atoms with E-state index in [1.165, 1.54) is 11.1 Å². The summed E-state index contributed by atoms with van der Waals surface area (Å²) in [7, 11) is 0. The minimum atomic E-state index is 1.04. The molecule has 0 atom stereocenters. The maximum absolute atomic E-state index is 3.19. The Labute approximate surface area is 114 Å². The van der Waals surface area contributed by atoms with Gasteiger partial charge in [-0.3, -0.25) is 0 Å². The third kappa shape index (κ3) is 2.84. The van der Waals surface area contributed by atoms with Gasteiger partial charge in [0.1, 0.15) is 0 Å². The first kappa shape index (κ1) is 11.6. The lowest BCUT2D eigenvalue weighted by Gasteiger charge is -2.01. The molecule has 2 aromatic carbocycles. The van der Waals surface area contributed by atoms with Crippen LogP contribution in [0.5, 0.6) is 0 Å². The lowest BCUT2D eigenvalue weighted by atomic mass is 10.0. The molecule has 1 aliphatic carbocycles. The number of hydrogen-bond donors (Lipinski definition) is 0. The predicted molar refractivity (Wildman–Crippen MR) is 80.6 cm³/mol. The van der Waals surface area contributed by atoms with Crippen LogP contribution in [0.1, 0.15) is 23.1 Å². The number of benzene rings is 2. The van der Waals surface area contributed by atoms with Crippen LogP contribution in [-0.2, 0) is 0 Å². The van der Waals surface area contributed by atoms with Gasteiger partial charge in [-0.2, -0.15) is 0 Å². The highest BCUT2D eigenvalue weighted by Gasteiger charge is 2.01. The molecule has 0 aromatic heterocycles. The largest absolute Gasteiger partial charge is 0.0801 e. The van der Waals surface area contributed by atoms with Crippen molar-refractivity contribution in [3.05, 3.63) is 89.5 Å². The van der Waals surface area contributed by atoms with Crippen molar-refractivity contribution in [2.45, 2.75) is 6.42 Å². The van der Waals surface area contributed by atoms with Crippen molar-refractivity contribution in [1.29, 1.82) is 0 Å². The van der Waals surface area contributed by atoms with Crippen molar-refractivity contribution in [2.24, 2.45) is 0 Å². The summed E-state index contributed by atoms with van der Waals surface area (Å²) in [6.07, 6.45) is 7.50. The van der Waals surface area contributed by atoms with Crippen molar-refractivity contribution < 1.29 is 0 Å². The molecule has 0 spiro atoms. The summed E-state index contributed by atoms with van der Waals surface area (Å²) in [5, 5.41) is 0. The first-order valence-electron chi connectivity index (χ1n) is 6.45. The molecule has 0 nitrogen and oxygen atoms in total. The molecule has 2 aromatic rings. The third-order valence-corrected chi connectivity index (χ3v) is 3.15. The van der Waals surface area contributed by atoms with Crippen molar-refractivity contribution in [1.82, 2.24) is 0 Å². The van der Waals surface area contributed by atoms with E-state index in [0.717, 1.165) is 17.5 Å². The van der Waals surface area contributed by atoms with Crippen LogP contribution >= 0.6 is 0 Å². The number of rotatable bonds is 1. The fraction of sp³-hybridized carbons (Fsp3) is 0.0526. The zero-order valence-electron chi connectivity index (χ0n) is 10.6. The Kier molecular flexibility index (Phi) is 3.30. The van der Waals surface area contributed by atoms with Crippen LogP contribution in [0, 0.1) is 11.8 Å². The average molecular weight is 242 g/mol. The van der Waals surface area contributed by atoms with E-state index in [1.54, 1.807) is 0 Å². The van der Waals surface area contributed by atoms with Crippen LogP contribution in [0.2, 0.25) is 0 Å². The van der Waals surface area contributed by atoms with Gasteiger partial charge in [0, 0.05) is 11.1 Å². The molecule has 0 amide bonds. The highest BCUT2D eigenvalue weighted by Crippen LogP contribution is 2.23. The van der Waals surface area contributed by atoms with Gasteiger partial charge >= 0.3 is 0 Å². The first-order valence-corrected chi connectivity index (χ1v) is 6.45. The Morgan fingerprint density at radius 3 is 2.05 bits per heavy atom. The number of hydrogen-bond acceptors (Lipinski definition) is 0. The molecule has 0 heteroatoms. The molecule has 0 aliphatic heterocycles. The summed E-state index contributed by atoms with van der Waals surface area (Å²) < 4.78 is 0. The molecule has 0 saturated carbocycles. The van der Waals surface area contributed by atoms with E-state index < -0.39 is 0 Å². The van der Waals surface area contributed by atoms with E-state index in [9.17, 15) is 0 Å². The quantitative estimate of drug-likeness (QED) is 0.649. The van der Waals surface area contributed by atoms with Gasteiger partial charge in [0.15, 0.2) is 0 Å². The zero-order chi connectivity index (χ0) is 12.9. The first-order chi connectivity index (χ1) is 9.42. The van der Waals surface area contributed by atoms with Gasteiger partial charge in [-0.05, 0) is 41.8 Å². The minimum Gasteiger partial charge on any atom is -0.0801 e. The highest BCUT2D eigenvalue weighted by atomic mass is 14.1. The van der Waals surface area contributed by atoms with E-state index in [4.69, 9.17) is 0 Å². The van der Waals surface area contributed by atoms with Gasteiger partial charge in [-0.1, -0.05) is 60.4 Å². The lowest BCUT2D eigenvalue weighted by Crippen LogP contribution is -1.82. The molecule has 3 rings (SSSR count). The summed E-state index contributed by atoms with van der Waals surface area (Å²) in [5.74, 6) is 6.37. The van der Waals surface area contributed by atoms with Gasteiger partial charge in [-0.25, -0.2) is 0 Å². The molecule has 0 saturated heterocycles. The number of allylic oxidation sites excluding steroid dienone is 4. The van der Waals surface area contributed by atoms with E-state index in [0.29, 0.717) is 0 Å². The fourth-order valence-corrected chi connectivity index (χ4v) is 2.09. The van der Waals surface area contributed by atoms with Crippen LogP contribution in [0.3, 0.4) is 0 Å². The summed E-state index contributed by atoms with van der Waals surface area (Å²) in [5.41, 5.74) is 4.77. The fourth-order valence-electron chi connectivity index (χ4n) is 2.09. The second kappa shape index (κ2) is 5.42. The standard InChI is InChI=1S/C19H14/c1-2-6-16(7-3-1)10-11-17-12-14-19(15-13-17)18-8-4-5-9-18/h1-8,12-15H,9H2. The Hall–Kier alpha value is -2.52. The van der Waals surface area contributed by atoms with Crippen LogP contribution in [0.25, 0.3) is 5.57 Å². The van der Waals surface area contributed by atoms with Gasteiger partial charge < -0.3 is 0 Å². The van der Waals surface area contributed by atoms with Crippen LogP contribution in [0.15, 0.2) is 72.8 Å². The molecule has 0 heterocycles. The van der Waals surface area contributed by atoms with Crippen LogP contribution < -0.4 is 0 Å². The Morgan fingerprint density at radius 2 is 1.42 bits per heavy atom. The van der Waals surface area contributed by atoms with Crippen molar-refractivity contribution in [2.75, 3.05) is 0 Å². The van der Waals surface area contributed by atoms with E-state index in [1.807, 2.05) is 30.3 Å². The van der Waals surface area contributed by atoms with Gasteiger partial charge in [-0.15, -0.1) is 0 Å². The van der Waals surface area contributed by atoms with E-state index >= 15 is 0 Å². The second-order valence-electron chi connectivity index (χ2n) is 4.52. The van der Waals surface area contributed by atoms with Crippen molar-refractivity contribution in [3.63, 3.8) is 0 Å². The van der Waals surface area contributed by atoms with Crippen LogP contribution in [0.4, 0.5) is 0 Å². The SMILES string of the molecule is C(#Cc1ccc(C2=CC=CC2)cc1)c1ccccc1. The second-order valence-corrected chi connectivity index (χ2v) is 4.52. The topological polar surface area (TPSA) is 0 Å². The third-order valence-electron chi connectivity index (χ3n) is 3.15. The molecule has 0 bridgehead atoms. The molecule has 0 radical (unpaired) electrons. The molecular weight excluding hydrogens is 228 g/mol. The lowest BCUT2D eigenvalue weighted by molar-refractivity contribution is 1.43. The van der Waals surface area contributed by atoms with E-state index in [2.05, 4.69) is 54.3 Å². The van der Waals surface area contributed by atoms with Gasteiger partial charge in [0.2, 0.25) is 0 Å². The molecule has 0 N–H and O–H groups in total. The van der Waals surface area contributed by atoms with Gasteiger partial charge in [0.25, 0.3) is 0 Å². The van der Waals surface area contributed by atoms with Crippen molar-refractivity contribution >= 4 is 5.57 Å². The van der Waals surface area contributed by atoms with Gasteiger partial charge in [0.05, 0.1) is 0 Å². The molecular formula is C19H14. The monoisotopic (exact) mass is 242 g/mol. The highest BCUT2D eigenvalue weighted by molar-refractivity contribution is 5.71. The summed E-state index contributed by atoms with van der Waals surface area (Å²) >= 11 is 0. The molecule has 0 fully saturated rings. The summed E-state index contributed by atoms with van der Waals surface area (Å²) in [6, 6.07) is 18.5. The summed E-state index contributed by atoms with van der Waals surface area (Å²) in [6.45, 7) is 0.